The minimum atomic E-state index is -0.663. The summed E-state index contributed by atoms with van der Waals surface area (Å²) >= 11 is 0. The van der Waals surface area contributed by atoms with Crippen molar-refractivity contribution in [1.29, 1.82) is 0 Å². The molecule has 4 aromatic carbocycles. The lowest BCUT2D eigenvalue weighted by Gasteiger charge is -2.09. The van der Waals surface area contributed by atoms with Crippen LogP contribution in [0.5, 0.6) is 28.7 Å². The molecule has 2 N–H and O–H groups in total. The molecule has 2 aliphatic heterocycles. The van der Waals surface area contributed by atoms with E-state index >= 15 is 0 Å². The molecule has 6 rings (SSSR count). The van der Waals surface area contributed by atoms with Gasteiger partial charge in [-0.2, -0.15) is 5.10 Å². The van der Waals surface area contributed by atoms with Gasteiger partial charge in [-0.1, -0.05) is 36.4 Å². The van der Waals surface area contributed by atoms with Crippen LogP contribution in [0.2, 0.25) is 0 Å². The Morgan fingerprint density at radius 3 is 2.21 bits per heavy atom. The SMILES string of the molecule is O=C(NN=Cc1cccc(OC(=O)c2ccc3c(c2)OCO3)c1)C(=Cc1ccc2c(c1)OCO2)NC(=O)c1ccccc1. The number of nitrogens with one attached hydrogen (secondary N) is 2. The van der Waals surface area contributed by atoms with Gasteiger partial charge in [0, 0.05) is 5.56 Å². The topological polar surface area (TPSA) is 134 Å². The maximum Gasteiger partial charge on any atom is 0.343 e. The highest BCUT2D eigenvalue weighted by Crippen LogP contribution is 2.34. The minimum Gasteiger partial charge on any atom is -0.454 e. The minimum absolute atomic E-state index is 0.0451. The van der Waals surface area contributed by atoms with Gasteiger partial charge in [-0.05, 0) is 71.8 Å². The van der Waals surface area contributed by atoms with Gasteiger partial charge in [0.2, 0.25) is 13.6 Å². The number of rotatable bonds is 8. The Morgan fingerprint density at radius 1 is 0.698 bits per heavy atom. The molecule has 2 amide bonds. The molecule has 0 fully saturated rings. The van der Waals surface area contributed by atoms with Crippen molar-refractivity contribution >= 4 is 30.1 Å². The number of ether oxygens (including phenoxy) is 5. The summed E-state index contributed by atoms with van der Waals surface area (Å²) in [6, 6.07) is 25.0. The van der Waals surface area contributed by atoms with E-state index in [0.717, 1.165) is 0 Å². The maximum absolute atomic E-state index is 13.1. The smallest absolute Gasteiger partial charge is 0.343 e. The van der Waals surface area contributed by atoms with Gasteiger partial charge >= 0.3 is 5.97 Å². The number of carbonyl (C=O) groups is 3. The first-order chi connectivity index (χ1) is 21.0. The molecule has 4 aromatic rings. The van der Waals surface area contributed by atoms with E-state index in [1.807, 2.05) is 0 Å². The van der Waals surface area contributed by atoms with Crippen LogP contribution in [0.15, 0.2) is 102 Å². The maximum atomic E-state index is 13.1. The van der Waals surface area contributed by atoms with E-state index in [-0.39, 0.29) is 25.0 Å². The van der Waals surface area contributed by atoms with Crippen LogP contribution in [0.3, 0.4) is 0 Å². The van der Waals surface area contributed by atoms with Gasteiger partial charge < -0.3 is 29.0 Å². The number of hydrogen-bond acceptors (Lipinski definition) is 9. The predicted octanol–water partition coefficient (Wildman–Crippen LogP) is 4.28. The summed E-state index contributed by atoms with van der Waals surface area (Å²) in [5.41, 5.74) is 4.21. The third kappa shape index (κ3) is 6.46. The average molecular weight is 578 g/mol. The fourth-order valence-corrected chi connectivity index (χ4v) is 4.19. The van der Waals surface area contributed by atoms with Crippen molar-refractivity contribution in [2.75, 3.05) is 13.6 Å². The van der Waals surface area contributed by atoms with Crippen LogP contribution in [0.25, 0.3) is 6.08 Å². The van der Waals surface area contributed by atoms with Gasteiger partial charge in [0.15, 0.2) is 23.0 Å². The molecular weight excluding hydrogens is 554 g/mol. The second-order valence-corrected chi connectivity index (χ2v) is 9.22. The third-order valence-electron chi connectivity index (χ3n) is 6.29. The molecule has 0 atom stereocenters. The van der Waals surface area contributed by atoms with E-state index in [0.29, 0.717) is 45.3 Å². The third-order valence-corrected chi connectivity index (χ3v) is 6.29. The molecule has 2 aliphatic rings. The molecule has 11 nitrogen and oxygen atoms in total. The molecular formula is C32H23N3O8. The van der Waals surface area contributed by atoms with Gasteiger partial charge in [-0.25, -0.2) is 10.2 Å². The molecule has 0 aromatic heterocycles. The Bertz CT molecular complexity index is 1770. The number of hydrogen-bond donors (Lipinski definition) is 2. The van der Waals surface area contributed by atoms with E-state index in [2.05, 4.69) is 15.8 Å². The second kappa shape index (κ2) is 12.2. The van der Waals surface area contributed by atoms with Gasteiger partial charge in [-0.3, -0.25) is 9.59 Å². The van der Waals surface area contributed by atoms with Crippen LogP contribution in [0.4, 0.5) is 0 Å². The zero-order chi connectivity index (χ0) is 29.6. The van der Waals surface area contributed by atoms with Crippen molar-refractivity contribution in [3.05, 3.63) is 119 Å². The highest BCUT2D eigenvalue weighted by atomic mass is 16.7. The number of fused-ring (bicyclic) bond motifs is 2. The number of carbonyl (C=O) groups excluding carboxylic acids is 3. The molecule has 0 unspecified atom stereocenters. The number of nitrogens with zero attached hydrogens (tertiary/aromatic N) is 1. The lowest BCUT2D eigenvalue weighted by Crippen LogP contribution is -2.32. The number of esters is 1. The number of benzene rings is 4. The summed E-state index contributed by atoms with van der Waals surface area (Å²) in [5, 5.41) is 6.68. The molecule has 0 radical (unpaired) electrons. The Hall–Kier alpha value is -6.10. The Labute approximate surface area is 245 Å². The molecule has 0 spiro atoms. The zero-order valence-electron chi connectivity index (χ0n) is 22.4. The molecule has 2 heterocycles. The summed E-state index contributed by atoms with van der Waals surface area (Å²) in [7, 11) is 0. The Morgan fingerprint density at radius 2 is 1.42 bits per heavy atom. The van der Waals surface area contributed by atoms with Crippen LogP contribution in [-0.2, 0) is 4.79 Å². The first kappa shape index (κ1) is 27.1. The Balaban J connectivity index is 1.15. The lowest BCUT2D eigenvalue weighted by molar-refractivity contribution is -0.117. The van der Waals surface area contributed by atoms with E-state index < -0.39 is 17.8 Å². The first-order valence-electron chi connectivity index (χ1n) is 13.0. The summed E-state index contributed by atoms with van der Waals surface area (Å²) in [6.45, 7) is 0.203. The molecule has 214 valence electrons. The van der Waals surface area contributed by atoms with Gasteiger partial charge in [0.05, 0.1) is 11.8 Å². The monoisotopic (exact) mass is 577 g/mol. The van der Waals surface area contributed by atoms with E-state index in [1.54, 1.807) is 91.0 Å². The normalized spacial score (nSPS) is 13.1. The van der Waals surface area contributed by atoms with Crippen molar-refractivity contribution in [3.63, 3.8) is 0 Å². The molecule has 0 saturated heterocycles. The number of amides is 2. The fourth-order valence-electron chi connectivity index (χ4n) is 4.19. The number of hydrazone groups is 1. The van der Waals surface area contributed by atoms with Crippen molar-refractivity contribution in [3.8, 4) is 28.7 Å². The predicted molar refractivity (Wildman–Crippen MR) is 154 cm³/mol. The fraction of sp³-hybridized carbons (Fsp3) is 0.0625. The van der Waals surface area contributed by atoms with Crippen LogP contribution >= 0.6 is 0 Å². The molecule has 11 heteroatoms. The summed E-state index contributed by atoms with van der Waals surface area (Å²) in [6.07, 6.45) is 2.89. The highest BCUT2D eigenvalue weighted by Gasteiger charge is 2.19. The lowest BCUT2D eigenvalue weighted by atomic mass is 10.1. The summed E-state index contributed by atoms with van der Waals surface area (Å²) in [4.78, 5) is 38.6. The average Bonchev–Trinajstić information content (AvgIpc) is 3.70. The summed E-state index contributed by atoms with van der Waals surface area (Å²) in [5.74, 6) is 0.713. The standard InChI is InChI=1S/C32H23N3O8/c36-30(22-6-2-1-3-7-22)34-25(14-20-9-11-26-28(15-20)41-18-39-26)31(37)35-33-17-21-5-4-8-24(13-21)43-32(38)23-10-12-27-29(16-23)42-19-40-27/h1-17H,18-19H2,(H,34,36)(H,35,37). The van der Waals surface area contributed by atoms with Gasteiger partial charge in [0.25, 0.3) is 11.8 Å². The van der Waals surface area contributed by atoms with Crippen molar-refractivity contribution in [2.45, 2.75) is 0 Å². The van der Waals surface area contributed by atoms with Crippen molar-refractivity contribution in [2.24, 2.45) is 5.10 Å². The van der Waals surface area contributed by atoms with E-state index in [1.165, 1.54) is 12.3 Å². The highest BCUT2D eigenvalue weighted by molar-refractivity contribution is 6.05. The van der Waals surface area contributed by atoms with E-state index in [9.17, 15) is 14.4 Å². The quantitative estimate of drug-likeness (QED) is 0.104. The van der Waals surface area contributed by atoms with Crippen molar-refractivity contribution in [1.82, 2.24) is 10.7 Å². The molecule has 43 heavy (non-hydrogen) atoms. The molecule has 0 saturated carbocycles. The first-order valence-corrected chi connectivity index (χ1v) is 13.0. The van der Waals surface area contributed by atoms with Gasteiger partial charge in [0.1, 0.15) is 11.4 Å². The summed E-state index contributed by atoms with van der Waals surface area (Å²) < 4.78 is 26.8. The second-order valence-electron chi connectivity index (χ2n) is 9.22. The van der Waals surface area contributed by atoms with Gasteiger partial charge in [-0.15, -0.1) is 0 Å². The van der Waals surface area contributed by atoms with Crippen LogP contribution < -0.4 is 34.4 Å². The van der Waals surface area contributed by atoms with Crippen LogP contribution in [0, 0.1) is 0 Å². The zero-order valence-corrected chi connectivity index (χ0v) is 22.4. The largest absolute Gasteiger partial charge is 0.454 e. The van der Waals surface area contributed by atoms with Crippen LogP contribution in [-0.4, -0.2) is 37.6 Å². The Kier molecular flexibility index (Phi) is 7.68. The molecule has 0 bridgehead atoms. The molecule has 0 aliphatic carbocycles. The van der Waals surface area contributed by atoms with Crippen LogP contribution in [0.1, 0.15) is 31.8 Å². The van der Waals surface area contributed by atoms with Crippen molar-refractivity contribution < 1.29 is 38.1 Å². The van der Waals surface area contributed by atoms with E-state index in [4.69, 9.17) is 23.7 Å².